The largest absolute Gasteiger partial charge is 0.483 e. The lowest BCUT2D eigenvalue weighted by molar-refractivity contribution is -0.384. The van der Waals surface area contributed by atoms with Gasteiger partial charge in [0.1, 0.15) is 11.0 Å². The van der Waals surface area contributed by atoms with Crippen LogP contribution in [-0.4, -0.2) is 57.5 Å². The van der Waals surface area contributed by atoms with Gasteiger partial charge in [-0.05, 0) is 37.5 Å². The SMILES string of the molecule is O=C(COc1ccccc1C1c2sc(=O)[nH]c2SC2C(=O)N(c3ccc([N+](=O)[O-])cc3)C(=O)C21)N1CCCCC1. The second kappa shape index (κ2) is 10.5. The summed E-state index contributed by atoms with van der Waals surface area (Å²) in [4.78, 5) is 69.3. The van der Waals surface area contributed by atoms with Crippen molar-refractivity contribution in [3.05, 3.63) is 78.8 Å². The van der Waals surface area contributed by atoms with Crippen LogP contribution in [0.2, 0.25) is 0 Å². The summed E-state index contributed by atoms with van der Waals surface area (Å²) in [6.07, 6.45) is 3.02. The van der Waals surface area contributed by atoms with Crippen molar-refractivity contribution in [2.75, 3.05) is 24.6 Å². The van der Waals surface area contributed by atoms with Crippen LogP contribution >= 0.6 is 23.1 Å². The normalized spacial score (nSPS) is 22.1. The zero-order valence-electron chi connectivity index (χ0n) is 21.1. The van der Waals surface area contributed by atoms with E-state index < -0.39 is 33.8 Å². The van der Waals surface area contributed by atoms with E-state index in [4.69, 9.17) is 4.74 Å². The van der Waals surface area contributed by atoms with E-state index in [9.17, 15) is 29.3 Å². The van der Waals surface area contributed by atoms with Gasteiger partial charge in [-0.2, -0.15) is 0 Å². The van der Waals surface area contributed by atoms with Crippen LogP contribution in [-0.2, 0) is 14.4 Å². The molecule has 2 fully saturated rings. The Morgan fingerprint density at radius 1 is 1.02 bits per heavy atom. The van der Waals surface area contributed by atoms with Gasteiger partial charge in [0, 0.05) is 41.6 Å². The Kier molecular flexibility index (Phi) is 6.92. The van der Waals surface area contributed by atoms with Gasteiger partial charge < -0.3 is 14.6 Å². The Morgan fingerprint density at radius 3 is 2.48 bits per heavy atom. The van der Waals surface area contributed by atoms with Crippen molar-refractivity contribution in [3.8, 4) is 5.75 Å². The number of para-hydroxylation sites is 1. The number of aromatic nitrogens is 1. The number of non-ortho nitro benzene ring substituents is 1. The fourth-order valence-electron chi connectivity index (χ4n) is 5.57. The van der Waals surface area contributed by atoms with Crippen LogP contribution in [0.25, 0.3) is 0 Å². The molecule has 1 N–H and O–H groups in total. The van der Waals surface area contributed by atoms with Crippen molar-refractivity contribution in [2.24, 2.45) is 5.92 Å². The average molecular weight is 581 g/mol. The number of piperidine rings is 1. The summed E-state index contributed by atoms with van der Waals surface area (Å²) in [7, 11) is 0. The lowest BCUT2D eigenvalue weighted by Gasteiger charge is -2.31. The number of thiazole rings is 1. The Morgan fingerprint density at radius 2 is 1.75 bits per heavy atom. The smallest absolute Gasteiger partial charge is 0.305 e. The molecule has 3 aromatic rings. The molecule has 3 atom stereocenters. The Hall–Kier alpha value is -3.97. The molecule has 3 aliphatic heterocycles. The molecule has 2 saturated heterocycles. The molecule has 3 aliphatic rings. The van der Waals surface area contributed by atoms with Crippen LogP contribution in [0.3, 0.4) is 0 Å². The van der Waals surface area contributed by atoms with Crippen LogP contribution in [0.1, 0.15) is 35.6 Å². The highest BCUT2D eigenvalue weighted by Gasteiger charge is 2.56. The number of benzene rings is 2. The minimum atomic E-state index is -0.853. The molecule has 0 aliphatic carbocycles. The number of H-pyrrole nitrogens is 1. The summed E-state index contributed by atoms with van der Waals surface area (Å²) in [5, 5.41) is 10.8. The molecule has 11 nitrogen and oxygen atoms in total. The van der Waals surface area contributed by atoms with E-state index in [2.05, 4.69) is 4.98 Å². The second-order valence-corrected chi connectivity index (χ2v) is 12.0. The van der Waals surface area contributed by atoms with Crippen molar-refractivity contribution in [2.45, 2.75) is 35.5 Å². The molecule has 2 aromatic carbocycles. The summed E-state index contributed by atoms with van der Waals surface area (Å²) in [6.45, 7) is 1.23. The summed E-state index contributed by atoms with van der Waals surface area (Å²) >= 11 is 2.12. The zero-order chi connectivity index (χ0) is 28.0. The number of rotatable bonds is 6. The molecular formula is C27H24N4O7S2. The second-order valence-electron chi connectivity index (χ2n) is 9.80. The third kappa shape index (κ3) is 4.58. The highest BCUT2D eigenvalue weighted by atomic mass is 32.2. The summed E-state index contributed by atoms with van der Waals surface area (Å²) in [6, 6.07) is 12.3. The number of amides is 3. The van der Waals surface area contributed by atoms with Crippen LogP contribution in [0, 0.1) is 16.0 Å². The van der Waals surface area contributed by atoms with Gasteiger partial charge in [-0.3, -0.25) is 29.3 Å². The Bertz CT molecular complexity index is 1560. The predicted molar refractivity (Wildman–Crippen MR) is 148 cm³/mol. The number of imide groups is 1. The van der Waals surface area contributed by atoms with Crippen molar-refractivity contribution in [1.82, 2.24) is 9.88 Å². The standard InChI is InChI=1S/C27H24N4O7S2/c32-19(29-12-4-1-5-13-29)14-38-18-7-3-2-6-17(18)20-21-23(39-24-22(20)40-27(35)28-24)26(34)30(25(21)33)15-8-10-16(11-9-15)31(36)37/h2-3,6-11,20-21,23H,1,4-5,12-14H2,(H,28,35). The van der Waals surface area contributed by atoms with E-state index in [1.807, 2.05) is 0 Å². The molecule has 206 valence electrons. The lowest BCUT2D eigenvalue weighted by Crippen LogP contribution is -2.38. The number of nitro groups is 1. The van der Waals surface area contributed by atoms with E-state index in [1.54, 1.807) is 29.2 Å². The number of fused-ring (bicyclic) bond motifs is 2. The quantitative estimate of drug-likeness (QED) is 0.265. The highest BCUT2D eigenvalue weighted by molar-refractivity contribution is 8.00. The molecule has 13 heteroatoms. The van der Waals surface area contributed by atoms with Gasteiger partial charge in [-0.25, -0.2) is 4.90 Å². The van der Waals surface area contributed by atoms with Crippen molar-refractivity contribution >= 4 is 52.2 Å². The molecule has 3 unspecified atom stereocenters. The third-order valence-corrected chi connectivity index (χ3v) is 9.86. The molecule has 0 saturated carbocycles. The summed E-state index contributed by atoms with van der Waals surface area (Å²) in [5.74, 6) is -2.16. The number of nitrogens with zero attached hydrogens (tertiary/aromatic N) is 3. The molecular weight excluding hydrogens is 556 g/mol. The van der Waals surface area contributed by atoms with E-state index in [0.717, 1.165) is 47.3 Å². The molecule has 4 heterocycles. The Balaban J connectivity index is 1.35. The number of carbonyl (C=O) groups excluding carboxylic acids is 3. The van der Waals surface area contributed by atoms with Gasteiger partial charge in [-0.15, -0.1) is 0 Å². The first kappa shape index (κ1) is 26.3. The highest BCUT2D eigenvalue weighted by Crippen LogP contribution is 2.54. The van der Waals surface area contributed by atoms with E-state index >= 15 is 0 Å². The number of nitrogens with one attached hydrogen (secondary N) is 1. The van der Waals surface area contributed by atoms with Crippen molar-refractivity contribution < 1.29 is 24.0 Å². The molecule has 0 bridgehead atoms. The average Bonchev–Trinajstić information content (AvgIpc) is 3.46. The fourth-order valence-corrected chi connectivity index (χ4v) is 8.08. The van der Waals surface area contributed by atoms with Crippen molar-refractivity contribution in [1.29, 1.82) is 0 Å². The number of ether oxygens (including phenoxy) is 1. The van der Waals surface area contributed by atoms with Gasteiger partial charge >= 0.3 is 4.87 Å². The monoisotopic (exact) mass is 580 g/mol. The number of carbonyl (C=O) groups is 3. The van der Waals surface area contributed by atoms with E-state index in [0.29, 0.717) is 34.3 Å². The number of nitro benzene ring substituents is 1. The van der Waals surface area contributed by atoms with Crippen LogP contribution in [0.5, 0.6) is 5.75 Å². The van der Waals surface area contributed by atoms with Crippen LogP contribution in [0.4, 0.5) is 11.4 Å². The predicted octanol–water partition coefficient (Wildman–Crippen LogP) is 3.53. The van der Waals surface area contributed by atoms with E-state index in [1.165, 1.54) is 24.3 Å². The number of anilines is 1. The molecule has 40 heavy (non-hydrogen) atoms. The topological polar surface area (TPSA) is 143 Å². The van der Waals surface area contributed by atoms with Gasteiger partial charge in [0.25, 0.3) is 11.6 Å². The minimum Gasteiger partial charge on any atom is -0.483 e. The van der Waals surface area contributed by atoms with E-state index in [-0.39, 0.29) is 28.8 Å². The fraction of sp³-hybridized carbons (Fsp3) is 0.333. The summed E-state index contributed by atoms with van der Waals surface area (Å²) in [5.41, 5.74) is 0.688. The van der Waals surface area contributed by atoms with Crippen molar-refractivity contribution in [3.63, 3.8) is 0 Å². The first-order valence-electron chi connectivity index (χ1n) is 12.8. The van der Waals surface area contributed by atoms with Gasteiger partial charge in [0.2, 0.25) is 11.8 Å². The summed E-state index contributed by atoms with van der Waals surface area (Å²) < 4.78 is 6.03. The zero-order valence-corrected chi connectivity index (χ0v) is 22.7. The molecule has 6 rings (SSSR count). The van der Waals surface area contributed by atoms with Crippen LogP contribution in [0.15, 0.2) is 58.4 Å². The maximum absolute atomic E-state index is 13.9. The first-order valence-corrected chi connectivity index (χ1v) is 14.5. The van der Waals surface area contributed by atoms with Crippen LogP contribution < -0.4 is 14.5 Å². The first-order chi connectivity index (χ1) is 19.3. The Labute approximate surface area is 236 Å². The van der Waals surface area contributed by atoms with Gasteiger partial charge in [0.15, 0.2) is 6.61 Å². The van der Waals surface area contributed by atoms with Gasteiger partial charge in [0.05, 0.1) is 21.6 Å². The molecule has 0 spiro atoms. The number of hydrogen-bond acceptors (Lipinski definition) is 9. The number of likely N-dealkylation sites (tertiary alicyclic amines) is 1. The minimum absolute atomic E-state index is 0.116. The molecule has 1 aromatic heterocycles. The molecule has 0 radical (unpaired) electrons. The van der Waals surface area contributed by atoms with Gasteiger partial charge in [-0.1, -0.05) is 41.3 Å². The maximum Gasteiger partial charge on any atom is 0.305 e. The number of aromatic amines is 1. The number of hydrogen-bond donors (Lipinski definition) is 1. The number of thioether (sulfide) groups is 1. The molecule has 3 amide bonds. The maximum atomic E-state index is 13.9. The lowest BCUT2D eigenvalue weighted by atomic mass is 9.82. The third-order valence-electron chi connectivity index (χ3n) is 7.46.